The lowest BCUT2D eigenvalue weighted by Gasteiger charge is -2.26. The van der Waals surface area contributed by atoms with Gasteiger partial charge in [0.2, 0.25) is 0 Å². The zero-order valence-electron chi connectivity index (χ0n) is 17.4. The summed E-state index contributed by atoms with van der Waals surface area (Å²) in [6.07, 6.45) is 6.15. The smallest absolute Gasteiger partial charge is 0.309 e. The lowest BCUT2D eigenvalue weighted by Crippen LogP contribution is -2.26. The maximum absolute atomic E-state index is 12.1. The highest BCUT2D eigenvalue weighted by Gasteiger charge is 2.30. The summed E-state index contributed by atoms with van der Waals surface area (Å²) in [6, 6.07) is 8.91. The third-order valence-electron chi connectivity index (χ3n) is 6.17. The molecule has 0 atom stereocenters. The van der Waals surface area contributed by atoms with Crippen LogP contribution in [0.5, 0.6) is 0 Å². The van der Waals surface area contributed by atoms with Crippen LogP contribution in [-0.4, -0.2) is 35.4 Å². The van der Waals surface area contributed by atoms with Crippen molar-refractivity contribution in [1.82, 2.24) is 15.5 Å². The van der Waals surface area contributed by atoms with Crippen molar-refractivity contribution >= 4 is 17.3 Å². The molecule has 2 heterocycles. The van der Waals surface area contributed by atoms with E-state index in [1.165, 1.54) is 18.4 Å². The van der Waals surface area contributed by atoms with Gasteiger partial charge < -0.3 is 10.1 Å². The first-order chi connectivity index (χ1) is 14.1. The Morgan fingerprint density at radius 2 is 1.69 bits per heavy atom. The Bertz CT molecular complexity index is 804. The molecule has 0 bridgehead atoms. The highest BCUT2D eigenvalue weighted by Crippen LogP contribution is 2.39. The molecule has 2 fully saturated rings. The minimum Gasteiger partial charge on any atom is -0.463 e. The Kier molecular flexibility index (Phi) is 6.60. The first-order valence-electron chi connectivity index (χ1n) is 10.9. The lowest BCUT2D eigenvalue weighted by atomic mass is 9.82. The fraction of sp³-hybridized carbons (Fsp3) is 0.609. The minimum atomic E-state index is -0.0368. The molecule has 1 aromatic carbocycles. The van der Waals surface area contributed by atoms with E-state index in [1.807, 2.05) is 13.8 Å². The molecule has 2 aromatic rings. The number of hydrogen-bond acceptors (Lipinski definition) is 6. The van der Waals surface area contributed by atoms with Crippen LogP contribution in [0.2, 0.25) is 0 Å². The fourth-order valence-electron chi connectivity index (χ4n) is 4.47. The molecule has 1 saturated heterocycles. The van der Waals surface area contributed by atoms with Crippen LogP contribution in [-0.2, 0) is 9.53 Å². The summed E-state index contributed by atoms with van der Waals surface area (Å²) in [5.41, 5.74) is 2.59. The summed E-state index contributed by atoms with van der Waals surface area (Å²) in [4.78, 5) is 12.1. The SMILES string of the molecule is CC(C)OC(=O)C1CCC(c2nnc(-c3ccc(C4CCNCC4)cc3)s2)CC1. The molecule has 1 aromatic heterocycles. The van der Waals surface area contributed by atoms with Crippen molar-refractivity contribution in [2.24, 2.45) is 5.92 Å². The standard InChI is InChI=1S/C23H31N3O2S/c1-15(2)28-23(27)20-9-7-19(8-10-20)22-26-25-21(29-22)18-5-3-16(4-6-18)17-11-13-24-14-12-17/h3-6,15,17,19-20,24H,7-14H2,1-2H3. The largest absolute Gasteiger partial charge is 0.463 e. The fourth-order valence-corrected chi connectivity index (χ4v) is 5.49. The van der Waals surface area contributed by atoms with Crippen LogP contribution >= 0.6 is 11.3 Å². The molecule has 29 heavy (non-hydrogen) atoms. The Morgan fingerprint density at radius 3 is 2.34 bits per heavy atom. The van der Waals surface area contributed by atoms with Gasteiger partial charge in [-0.3, -0.25) is 4.79 Å². The number of carbonyl (C=O) groups excluding carboxylic acids is 1. The average molecular weight is 414 g/mol. The van der Waals surface area contributed by atoms with Crippen molar-refractivity contribution in [3.05, 3.63) is 34.8 Å². The average Bonchev–Trinajstić information content (AvgIpc) is 3.24. The van der Waals surface area contributed by atoms with Crippen molar-refractivity contribution in [2.45, 2.75) is 70.3 Å². The Labute approximate surface area is 177 Å². The second-order valence-electron chi connectivity index (χ2n) is 8.63. The van der Waals surface area contributed by atoms with Gasteiger partial charge in [-0.15, -0.1) is 10.2 Å². The zero-order chi connectivity index (χ0) is 20.2. The normalized spacial score (nSPS) is 23.3. The van der Waals surface area contributed by atoms with Gasteiger partial charge in [0.1, 0.15) is 10.0 Å². The van der Waals surface area contributed by atoms with Gasteiger partial charge >= 0.3 is 5.97 Å². The van der Waals surface area contributed by atoms with E-state index in [1.54, 1.807) is 11.3 Å². The van der Waals surface area contributed by atoms with Crippen molar-refractivity contribution in [3.63, 3.8) is 0 Å². The number of aromatic nitrogens is 2. The number of nitrogens with zero attached hydrogens (tertiary/aromatic N) is 2. The van der Waals surface area contributed by atoms with Crippen LogP contribution < -0.4 is 5.32 Å². The molecule has 0 unspecified atom stereocenters. The number of ether oxygens (including phenoxy) is 1. The van der Waals surface area contributed by atoms with Crippen molar-refractivity contribution in [2.75, 3.05) is 13.1 Å². The molecule has 1 saturated carbocycles. The Balaban J connectivity index is 1.36. The summed E-state index contributed by atoms with van der Waals surface area (Å²) in [6.45, 7) is 6.05. The number of benzene rings is 1. The lowest BCUT2D eigenvalue weighted by molar-refractivity contribution is -0.153. The number of rotatable bonds is 5. The molecular formula is C23H31N3O2S. The highest BCUT2D eigenvalue weighted by molar-refractivity contribution is 7.14. The first kappa shape index (κ1) is 20.5. The third kappa shape index (κ3) is 5.04. The number of esters is 1. The number of piperidine rings is 1. The van der Waals surface area contributed by atoms with E-state index in [2.05, 4.69) is 39.8 Å². The van der Waals surface area contributed by atoms with Crippen molar-refractivity contribution in [3.8, 4) is 10.6 Å². The van der Waals surface area contributed by atoms with E-state index < -0.39 is 0 Å². The third-order valence-corrected chi connectivity index (χ3v) is 7.31. The summed E-state index contributed by atoms with van der Waals surface area (Å²) < 4.78 is 5.38. The molecule has 1 aliphatic carbocycles. The van der Waals surface area contributed by atoms with Crippen LogP contribution in [0, 0.1) is 5.92 Å². The van der Waals surface area contributed by atoms with Crippen LogP contribution in [0.25, 0.3) is 10.6 Å². The van der Waals surface area contributed by atoms with Gasteiger partial charge in [-0.25, -0.2) is 0 Å². The molecule has 1 aliphatic heterocycles. The highest BCUT2D eigenvalue weighted by atomic mass is 32.1. The van der Waals surface area contributed by atoms with E-state index in [9.17, 15) is 4.79 Å². The zero-order valence-corrected chi connectivity index (χ0v) is 18.2. The van der Waals surface area contributed by atoms with Crippen molar-refractivity contribution in [1.29, 1.82) is 0 Å². The summed E-state index contributed by atoms with van der Waals surface area (Å²) in [7, 11) is 0. The van der Waals surface area contributed by atoms with Gasteiger partial charge in [0.15, 0.2) is 0 Å². The van der Waals surface area contributed by atoms with Gasteiger partial charge in [-0.2, -0.15) is 0 Å². The van der Waals surface area contributed by atoms with Gasteiger partial charge in [-0.05, 0) is 76.9 Å². The maximum atomic E-state index is 12.1. The topological polar surface area (TPSA) is 64.1 Å². The molecular weight excluding hydrogens is 382 g/mol. The van der Waals surface area contributed by atoms with Crippen LogP contribution in [0.1, 0.15) is 74.8 Å². The van der Waals surface area contributed by atoms with Crippen LogP contribution in [0.15, 0.2) is 24.3 Å². The van der Waals surface area contributed by atoms with Gasteiger partial charge in [0.05, 0.1) is 12.0 Å². The predicted octanol–water partition coefficient (Wildman–Crippen LogP) is 4.90. The second kappa shape index (κ2) is 9.35. The molecule has 0 spiro atoms. The van der Waals surface area contributed by atoms with Gasteiger partial charge in [-0.1, -0.05) is 35.6 Å². The quantitative estimate of drug-likeness (QED) is 0.707. The van der Waals surface area contributed by atoms with Crippen LogP contribution in [0.4, 0.5) is 0 Å². The molecule has 4 rings (SSSR count). The Hall–Kier alpha value is -1.79. The molecule has 156 valence electrons. The Morgan fingerprint density at radius 1 is 1.00 bits per heavy atom. The monoisotopic (exact) mass is 413 g/mol. The number of carbonyl (C=O) groups is 1. The van der Waals surface area contributed by atoms with E-state index in [0.29, 0.717) is 11.8 Å². The molecule has 2 aliphatic rings. The predicted molar refractivity (Wildman–Crippen MR) is 116 cm³/mol. The van der Waals surface area contributed by atoms with Crippen LogP contribution in [0.3, 0.4) is 0 Å². The molecule has 6 heteroatoms. The molecule has 0 radical (unpaired) electrons. The van der Waals surface area contributed by atoms with E-state index in [-0.39, 0.29) is 18.0 Å². The van der Waals surface area contributed by atoms with Gasteiger partial charge in [0, 0.05) is 11.5 Å². The van der Waals surface area contributed by atoms with E-state index in [4.69, 9.17) is 4.74 Å². The van der Waals surface area contributed by atoms with E-state index in [0.717, 1.165) is 54.4 Å². The minimum absolute atomic E-state index is 0.0351. The van der Waals surface area contributed by atoms with Gasteiger partial charge in [0.25, 0.3) is 0 Å². The maximum Gasteiger partial charge on any atom is 0.309 e. The molecule has 5 nitrogen and oxygen atoms in total. The van der Waals surface area contributed by atoms with E-state index >= 15 is 0 Å². The second-order valence-corrected chi connectivity index (χ2v) is 9.64. The summed E-state index contributed by atoms with van der Waals surface area (Å²) in [5, 5.41) is 14.5. The first-order valence-corrected chi connectivity index (χ1v) is 11.8. The summed E-state index contributed by atoms with van der Waals surface area (Å²) in [5.74, 6) is 1.10. The summed E-state index contributed by atoms with van der Waals surface area (Å²) >= 11 is 1.71. The number of nitrogens with one attached hydrogen (secondary N) is 1. The van der Waals surface area contributed by atoms with Crippen molar-refractivity contribution < 1.29 is 9.53 Å². The molecule has 1 N–H and O–H groups in total. The molecule has 0 amide bonds. The number of hydrogen-bond donors (Lipinski definition) is 1.